The molecule has 3 aromatic heterocycles. The molecule has 2 saturated heterocycles. The van der Waals surface area contributed by atoms with Crippen molar-refractivity contribution in [3.8, 4) is 11.4 Å². The minimum Gasteiger partial charge on any atom is -0.481 e. The molecule has 0 spiro atoms. The van der Waals surface area contributed by atoms with Gasteiger partial charge in [-0.1, -0.05) is 18.2 Å². The molecule has 1 amide bonds. The highest BCUT2D eigenvalue weighted by atomic mass is 19.1. The monoisotopic (exact) mass is 543 g/mol. The van der Waals surface area contributed by atoms with E-state index in [2.05, 4.69) is 20.1 Å². The van der Waals surface area contributed by atoms with Crippen LogP contribution < -0.4 is 15.1 Å². The quantitative estimate of drug-likeness (QED) is 0.339. The maximum Gasteiger partial charge on any atom is 0.315 e. The van der Waals surface area contributed by atoms with E-state index >= 15 is 0 Å². The van der Waals surface area contributed by atoms with Gasteiger partial charge in [0, 0.05) is 25.7 Å². The number of pyridine rings is 1. The molecule has 0 bridgehead atoms. The Bertz CT molecular complexity index is 1570. The van der Waals surface area contributed by atoms with E-state index in [1.807, 2.05) is 36.4 Å². The van der Waals surface area contributed by atoms with Gasteiger partial charge in [-0.05, 0) is 68.1 Å². The van der Waals surface area contributed by atoms with Gasteiger partial charge in [0.05, 0.1) is 17.9 Å². The van der Waals surface area contributed by atoms with Gasteiger partial charge in [0.2, 0.25) is 5.91 Å². The molecule has 2 aliphatic rings. The third-order valence-electron chi connectivity index (χ3n) is 7.75. The van der Waals surface area contributed by atoms with Crippen LogP contribution >= 0.6 is 0 Å². The number of benzene rings is 1. The number of fused-ring (bicyclic) bond motifs is 1. The molecule has 4 aromatic rings. The highest BCUT2D eigenvalue weighted by Gasteiger charge is 2.30. The Labute approximate surface area is 230 Å². The summed E-state index contributed by atoms with van der Waals surface area (Å²) in [4.78, 5) is 37.0. The van der Waals surface area contributed by atoms with Crippen LogP contribution in [0, 0.1) is 11.7 Å². The molecule has 1 aromatic carbocycles. The fourth-order valence-corrected chi connectivity index (χ4v) is 5.56. The molecule has 5 heterocycles. The van der Waals surface area contributed by atoms with Gasteiger partial charge in [0.15, 0.2) is 5.65 Å². The number of imidazole rings is 1. The predicted molar refractivity (Wildman–Crippen MR) is 147 cm³/mol. The Balaban J connectivity index is 1.23. The number of carboxylic acids is 1. The molecule has 10 nitrogen and oxygen atoms in total. The Morgan fingerprint density at radius 3 is 2.75 bits per heavy atom. The van der Waals surface area contributed by atoms with Crippen LogP contribution in [0.5, 0.6) is 0 Å². The summed E-state index contributed by atoms with van der Waals surface area (Å²) in [6, 6.07) is 16.3. The first-order valence-corrected chi connectivity index (χ1v) is 13.5. The molecule has 6 rings (SSSR count). The summed E-state index contributed by atoms with van der Waals surface area (Å²) in [5, 5.41) is 16.9. The number of halogens is 1. The Kier molecular flexibility index (Phi) is 6.79. The summed E-state index contributed by atoms with van der Waals surface area (Å²) in [6.45, 7) is 3.45. The zero-order valence-electron chi connectivity index (χ0n) is 22.1. The van der Waals surface area contributed by atoms with E-state index < -0.39 is 17.8 Å². The van der Waals surface area contributed by atoms with Gasteiger partial charge in [0.25, 0.3) is 0 Å². The average Bonchev–Trinajstić information content (AvgIpc) is 3.72. The third kappa shape index (κ3) is 4.94. The lowest BCUT2D eigenvalue weighted by Crippen LogP contribution is -2.42. The largest absolute Gasteiger partial charge is 0.481 e. The molecule has 0 saturated carbocycles. The zero-order valence-corrected chi connectivity index (χ0v) is 22.1. The number of nitrogens with one attached hydrogen (secondary N) is 1. The zero-order chi connectivity index (χ0) is 27.8. The van der Waals surface area contributed by atoms with Crippen LogP contribution in [-0.4, -0.2) is 62.2 Å². The highest BCUT2D eigenvalue weighted by molar-refractivity contribution is 5.96. The molecule has 11 heteroatoms. The summed E-state index contributed by atoms with van der Waals surface area (Å²) in [7, 11) is 0. The normalized spacial score (nSPS) is 19.8. The van der Waals surface area contributed by atoms with Crippen LogP contribution in [0.2, 0.25) is 0 Å². The number of aliphatic carboxylic acids is 1. The maximum atomic E-state index is 13.9. The molecule has 3 atom stereocenters. The topological polar surface area (TPSA) is 116 Å². The van der Waals surface area contributed by atoms with Crippen LogP contribution in [0.1, 0.15) is 37.8 Å². The van der Waals surface area contributed by atoms with E-state index in [1.54, 1.807) is 22.8 Å². The number of carbonyl (C=O) groups is 2. The van der Waals surface area contributed by atoms with E-state index in [-0.39, 0.29) is 17.9 Å². The van der Waals surface area contributed by atoms with E-state index in [9.17, 15) is 14.0 Å². The minimum atomic E-state index is -1.14. The first kappa shape index (κ1) is 25.7. The molecule has 206 valence electrons. The summed E-state index contributed by atoms with van der Waals surface area (Å²) < 4.78 is 15.7. The van der Waals surface area contributed by atoms with Crippen molar-refractivity contribution in [3.63, 3.8) is 0 Å². The number of anilines is 2. The first-order valence-electron chi connectivity index (χ1n) is 13.5. The predicted octanol–water partition coefficient (Wildman–Crippen LogP) is 3.69. The number of carboxylic acid groups (broad SMARTS) is 1. The van der Waals surface area contributed by atoms with E-state index in [0.717, 1.165) is 42.3 Å². The van der Waals surface area contributed by atoms with Crippen LogP contribution in [0.4, 0.5) is 16.0 Å². The summed E-state index contributed by atoms with van der Waals surface area (Å²) >= 11 is 0. The van der Waals surface area contributed by atoms with Crippen molar-refractivity contribution in [2.75, 3.05) is 29.4 Å². The maximum absolute atomic E-state index is 13.9. The first-order chi connectivity index (χ1) is 19.4. The molecular formula is C29H30FN7O3. The standard InChI is InChI=1S/C29H30FN7O3/c1-18(29(39)40)28(38)32-21-12-14-35(17-21)26-9-3-7-22(33-26)24-16-31-25-10-11-27(34-37(24)25)36-13-4-8-23(36)19-5-2-6-20(30)15-19/h2-3,5-7,9-11,15-16,18,21,23H,4,8,12-14,17H2,1H3,(H,32,38)(H,39,40)/t18?,21-,23-/m1/s1. The minimum absolute atomic E-state index is 0.0520. The fourth-order valence-electron chi connectivity index (χ4n) is 5.56. The molecule has 2 N–H and O–H groups in total. The van der Waals surface area contributed by atoms with Gasteiger partial charge in [-0.3, -0.25) is 9.59 Å². The van der Waals surface area contributed by atoms with Gasteiger partial charge < -0.3 is 20.2 Å². The van der Waals surface area contributed by atoms with Crippen molar-refractivity contribution in [1.82, 2.24) is 24.9 Å². The van der Waals surface area contributed by atoms with E-state index in [4.69, 9.17) is 15.2 Å². The van der Waals surface area contributed by atoms with Gasteiger partial charge in [-0.2, -0.15) is 0 Å². The van der Waals surface area contributed by atoms with Gasteiger partial charge in [-0.15, -0.1) is 5.10 Å². The van der Waals surface area contributed by atoms with Gasteiger partial charge >= 0.3 is 5.97 Å². The fraction of sp³-hybridized carbons (Fsp3) is 0.345. The van der Waals surface area contributed by atoms with Crippen LogP contribution in [0.25, 0.3) is 17.0 Å². The van der Waals surface area contributed by atoms with Crippen molar-refractivity contribution in [2.45, 2.75) is 38.3 Å². The lowest BCUT2D eigenvalue weighted by Gasteiger charge is -2.26. The summed E-state index contributed by atoms with van der Waals surface area (Å²) in [5.41, 5.74) is 3.10. The molecule has 1 unspecified atom stereocenters. The number of aromatic nitrogens is 4. The lowest BCUT2D eigenvalue weighted by molar-refractivity contribution is -0.146. The van der Waals surface area contributed by atoms with Crippen LogP contribution in [0.15, 0.2) is 60.8 Å². The lowest BCUT2D eigenvalue weighted by atomic mass is 10.0. The number of nitrogens with zero attached hydrogens (tertiary/aromatic N) is 6. The van der Waals surface area contributed by atoms with Crippen molar-refractivity contribution < 1.29 is 19.1 Å². The van der Waals surface area contributed by atoms with Crippen molar-refractivity contribution in [1.29, 1.82) is 0 Å². The SMILES string of the molecule is CC(C(=O)O)C(=O)N[C@@H]1CCN(c2cccc(-c3cnc4ccc(N5CCC[C@@H]5c5cccc(F)c5)nn34)n2)C1. The average molecular weight is 544 g/mol. The van der Waals surface area contributed by atoms with Gasteiger partial charge in [0.1, 0.15) is 29.1 Å². The molecule has 0 radical (unpaired) electrons. The molecule has 2 aliphatic heterocycles. The second-order valence-electron chi connectivity index (χ2n) is 10.4. The van der Waals surface area contributed by atoms with Crippen molar-refractivity contribution in [3.05, 3.63) is 72.2 Å². The van der Waals surface area contributed by atoms with Gasteiger partial charge in [-0.25, -0.2) is 18.9 Å². The summed E-state index contributed by atoms with van der Waals surface area (Å²) in [6.07, 6.45) is 4.38. The van der Waals surface area contributed by atoms with Crippen LogP contribution in [-0.2, 0) is 9.59 Å². The number of amides is 1. The van der Waals surface area contributed by atoms with Crippen molar-refractivity contribution >= 4 is 29.2 Å². The van der Waals surface area contributed by atoms with Crippen LogP contribution in [0.3, 0.4) is 0 Å². The highest BCUT2D eigenvalue weighted by Crippen LogP contribution is 2.36. The number of hydrogen-bond donors (Lipinski definition) is 2. The Morgan fingerprint density at radius 2 is 1.93 bits per heavy atom. The Hall–Kier alpha value is -4.54. The number of hydrogen-bond acceptors (Lipinski definition) is 7. The number of rotatable bonds is 7. The second kappa shape index (κ2) is 10.6. The van der Waals surface area contributed by atoms with Crippen molar-refractivity contribution in [2.24, 2.45) is 5.92 Å². The van der Waals surface area contributed by atoms with E-state index in [1.165, 1.54) is 13.0 Å². The van der Waals surface area contributed by atoms with E-state index in [0.29, 0.717) is 30.9 Å². The third-order valence-corrected chi connectivity index (χ3v) is 7.75. The Morgan fingerprint density at radius 1 is 1.07 bits per heavy atom. The molecule has 0 aliphatic carbocycles. The summed E-state index contributed by atoms with van der Waals surface area (Å²) in [5.74, 6) is -1.39. The molecule has 40 heavy (non-hydrogen) atoms. The smallest absolute Gasteiger partial charge is 0.315 e. The second-order valence-corrected chi connectivity index (χ2v) is 10.4. The molecular weight excluding hydrogens is 513 g/mol. The molecule has 2 fully saturated rings. The number of carbonyl (C=O) groups excluding carboxylic acids is 1.